The molecule has 0 fully saturated rings. The number of nitrogens with two attached hydrogens (primary N) is 1. The predicted molar refractivity (Wildman–Crippen MR) is 174 cm³/mol. The van der Waals surface area contributed by atoms with E-state index in [2.05, 4.69) is 0 Å². The highest BCUT2D eigenvalue weighted by Gasteiger charge is 2.41. The number of nitro benzene ring substituents is 1. The van der Waals surface area contributed by atoms with Crippen molar-refractivity contribution in [1.29, 1.82) is 0 Å². The van der Waals surface area contributed by atoms with Crippen molar-refractivity contribution in [3.8, 4) is 17.2 Å². The average Bonchev–Trinajstić information content (AvgIpc) is 3.31. The maximum atomic E-state index is 14.5. The highest BCUT2D eigenvalue weighted by molar-refractivity contribution is 6.35. The van der Waals surface area contributed by atoms with Crippen LogP contribution in [0.2, 0.25) is 10.0 Å². The molecular formula is C33H32Cl2FN3O8. The fourth-order valence-electron chi connectivity index (χ4n) is 4.89. The van der Waals surface area contributed by atoms with Crippen LogP contribution < -0.4 is 20.1 Å². The number of imide groups is 1. The number of carbonyl (C=O) groups is 3. The molecule has 0 saturated heterocycles. The van der Waals surface area contributed by atoms with E-state index >= 15 is 0 Å². The van der Waals surface area contributed by atoms with E-state index in [-0.39, 0.29) is 38.6 Å². The number of esters is 1. The van der Waals surface area contributed by atoms with Gasteiger partial charge in [0.15, 0.2) is 6.61 Å². The molecule has 0 aromatic heterocycles. The van der Waals surface area contributed by atoms with Crippen LogP contribution in [0.3, 0.4) is 0 Å². The summed E-state index contributed by atoms with van der Waals surface area (Å²) < 4.78 is 30.5. The topological polar surface area (TPSA) is 151 Å². The van der Waals surface area contributed by atoms with Crippen molar-refractivity contribution in [2.24, 2.45) is 0 Å². The molecule has 3 aromatic carbocycles. The van der Waals surface area contributed by atoms with Crippen molar-refractivity contribution >= 4 is 58.0 Å². The molecule has 14 heteroatoms. The number of nitrogens with zero attached hydrogens (tertiary/aromatic N) is 2. The average molecular weight is 689 g/mol. The zero-order valence-electron chi connectivity index (χ0n) is 25.4. The number of carbonyl (C=O) groups excluding carboxylic acids is 3. The van der Waals surface area contributed by atoms with Crippen molar-refractivity contribution in [3.05, 3.63) is 91.7 Å². The fraction of sp³-hybridized carbons (Fsp3) is 0.303. The smallest absolute Gasteiger partial charge is 0.344 e. The number of benzene rings is 3. The summed E-state index contributed by atoms with van der Waals surface area (Å²) >= 11 is 12.0. The minimum absolute atomic E-state index is 0.000883. The van der Waals surface area contributed by atoms with Gasteiger partial charge in [-0.1, -0.05) is 61.2 Å². The highest BCUT2D eigenvalue weighted by atomic mass is 35.5. The summed E-state index contributed by atoms with van der Waals surface area (Å²) in [6.07, 6.45) is 5.40. The van der Waals surface area contributed by atoms with Crippen LogP contribution in [0.5, 0.6) is 17.2 Å². The van der Waals surface area contributed by atoms with Crippen LogP contribution in [0, 0.1) is 15.9 Å². The Kier molecular flexibility index (Phi) is 12.2. The second-order valence-corrected chi connectivity index (χ2v) is 11.3. The zero-order chi connectivity index (χ0) is 34.1. The molecule has 2 N–H and O–H groups in total. The van der Waals surface area contributed by atoms with E-state index in [4.69, 9.17) is 43.1 Å². The molecule has 1 aliphatic heterocycles. The lowest BCUT2D eigenvalue weighted by atomic mass is 9.93. The van der Waals surface area contributed by atoms with Gasteiger partial charge in [-0.3, -0.25) is 19.7 Å². The van der Waals surface area contributed by atoms with Gasteiger partial charge in [0.25, 0.3) is 17.5 Å². The van der Waals surface area contributed by atoms with Gasteiger partial charge < -0.3 is 19.9 Å². The van der Waals surface area contributed by atoms with Crippen LogP contribution in [0.25, 0.3) is 0 Å². The van der Waals surface area contributed by atoms with Crippen molar-refractivity contribution in [2.45, 2.75) is 51.9 Å². The SMILES string of the molecule is CCCCCOC(=O)COc1cc(N2C(=O)C3=C(CCCC3)C2=O)c(F)cc1Cl.Nc1c([N+](=O)[O-])ccc(Oc2ccccc2)c1Cl. The largest absolute Gasteiger partial charge is 0.480 e. The standard InChI is InChI=1S/C21H23ClFNO5.C12H9ClN2O3/c1-2-3-6-9-28-19(25)12-29-18-11-17(16(23)10-15(18)22)24-20(26)13-7-4-5-8-14(13)21(24)27;13-11-10(18-8-4-2-1-3-5-8)7-6-9(12(11)14)15(16)17/h10-11H,2-9,12H2,1H3;1-7H,14H2. The van der Waals surface area contributed by atoms with Crippen LogP contribution in [-0.4, -0.2) is 35.9 Å². The maximum absolute atomic E-state index is 14.5. The van der Waals surface area contributed by atoms with E-state index in [1.165, 1.54) is 18.2 Å². The van der Waals surface area contributed by atoms with Gasteiger partial charge in [-0.15, -0.1) is 0 Å². The molecule has 1 heterocycles. The third kappa shape index (κ3) is 8.57. The number of nitrogen functional groups attached to an aromatic ring is 1. The molecule has 11 nitrogen and oxygen atoms in total. The lowest BCUT2D eigenvalue weighted by molar-refractivity contribution is -0.383. The van der Waals surface area contributed by atoms with Crippen molar-refractivity contribution in [3.63, 3.8) is 0 Å². The molecule has 1 aliphatic carbocycles. The number of hydrogen-bond donors (Lipinski definition) is 1. The van der Waals surface area contributed by atoms with Crippen LogP contribution in [0.15, 0.2) is 65.7 Å². The summed E-state index contributed by atoms with van der Waals surface area (Å²) in [7, 11) is 0. The molecule has 2 amide bonds. The van der Waals surface area contributed by atoms with Gasteiger partial charge in [0.05, 0.1) is 22.2 Å². The second kappa shape index (κ2) is 16.2. The normalized spacial score (nSPS) is 13.9. The minimum Gasteiger partial charge on any atom is -0.480 e. The number of ether oxygens (including phenoxy) is 3. The molecule has 47 heavy (non-hydrogen) atoms. The van der Waals surface area contributed by atoms with E-state index in [9.17, 15) is 28.9 Å². The Morgan fingerprint density at radius 3 is 2.28 bits per heavy atom. The molecule has 0 bridgehead atoms. The summed E-state index contributed by atoms with van der Waals surface area (Å²) in [6, 6.07) is 13.8. The van der Waals surface area contributed by atoms with E-state index < -0.39 is 35.1 Å². The number of amides is 2. The van der Waals surface area contributed by atoms with Gasteiger partial charge in [0, 0.05) is 23.3 Å². The molecule has 2 aliphatic rings. The number of halogens is 3. The summed E-state index contributed by atoms with van der Waals surface area (Å²) in [5.74, 6) is -1.54. The number of unbranched alkanes of at least 4 members (excludes halogenated alkanes) is 2. The molecular weight excluding hydrogens is 656 g/mol. The first-order valence-corrected chi connectivity index (χ1v) is 15.6. The minimum atomic E-state index is -0.814. The third-order valence-corrected chi connectivity index (χ3v) is 7.96. The Hall–Kier alpha value is -4.68. The van der Waals surface area contributed by atoms with E-state index in [0.717, 1.165) is 43.1 Å². The number of hydrogen-bond acceptors (Lipinski definition) is 9. The molecule has 3 aromatic rings. The van der Waals surface area contributed by atoms with Crippen LogP contribution in [-0.2, 0) is 19.1 Å². The molecule has 0 radical (unpaired) electrons. The molecule has 0 unspecified atom stereocenters. The first-order chi connectivity index (χ1) is 22.5. The van der Waals surface area contributed by atoms with Gasteiger partial charge in [0.2, 0.25) is 0 Å². The van der Waals surface area contributed by atoms with Crippen molar-refractivity contribution in [1.82, 2.24) is 0 Å². The lowest BCUT2D eigenvalue weighted by Gasteiger charge is -2.18. The summed E-state index contributed by atoms with van der Waals surface area (Å²) in [5, 5.41) is 10.6. The van der Waals surface area contributed by atoms with Crippen LogP contribution in [0.4, 0.5) is 21.5 Å². The summed E-state index contributed by atoms with van der Waals surface area (Å²) in [6.45, 7) is 1.93. The van der Waals surface area contributed by atoms with Gasteiger partial charge >= 0.3 is 5.97 Å². The zero-order valence-corrected chi connectivity index (χ0v) is 26.9. The van der Waals surface area contributed by atoms with E-state index in [1.807, 2.05) is 13.0 Å². The quantitative estimate of drug-likeness (QED) is 0.0528. The van der Waals surface area contributed by atoms with E-state index in [0.29, 0.717) is 36.3 Å². The Bertz CT molecular complexity index is 1670. The summed E-state index contributed by atoms with van der Waals surface area (Å²) in [5.41, 5.74) is 5.92. The summed E-state index contributed by atoms with van der Waals surface area (Å²) in [4.78, 5) is 48.0. The highest BCUT2D eigenvalue weighted by Crippen LogP contribution is 2.40. The first kappa shape index (κ1) is 35.2. The Labute approximate surface area is 280 Å². The van der Waals surface area contributed by atoms with Gasteiger partial charge in [-0.25, -0.2) is 14.1 Å². The Morgan fingerprint density at radius 2 is 1.66 bits per heavy atom. The van der Waals surface area contributed by atoms with Crippen LogP contribution >= 0.6 is 23.2 Å². The second-order valence-electron chi connectivity index (χ2n) is 10.5. The predicted octanol–water partition coefficient (Wildman–Crippen LogP) is 7.96. The maximum Gasteiger partial charge on any atom is 0.344 e. The van der Waals surface area contributed by atoms with Gasteiger partial charge in [-0.05, 0) is 56.4 Å². The van der Waals surface area contributed by atoms with Gasteiger partial charge in [-0.2, -0.15) is 0 Å². The lowest BCUT2D eigenvalue weighted by Crippen LogP contribution is -2.32. The third-order valence-electron chi connectivity index (χ3n) is 7.28. The molecule has 0 atom stereocenters. The van der Waals surface area contributed by atoms with E-state index in [1.54, 1.807) is 24.3 Å². The number of nitro groups is 1. The number of anilines is 2. The fourth-order valence-corrected chi connectivity index (χ4v) is 5.29. The first-order valence-electron chi connectivity index (χ1n) is 14.9. The van der Waals surface area contributed by atoms with Crippen molar-refractivity contribution < 1.29 is 37.9 Å². The molecule has 0 spiro atoms. The van der Waals surface area contributed by atoms with Crippen LogP contribution in [0.1, 0.15) is 51.9 Å². The molecule has 248 valence electrons. The van der Waals surface area contributed by atoms with Crippen molar-refractivity contribution in [2.75, 3.05) is 23.8 Å². The number of rotatable bonds is 11. The molecule has 5 rings (SSSR count). The monoisotopic (exact) mass is 687 g/mol. The number of para-hydroxylation sites is 1. The van der Waals surface area contributed by atoms with Gasteiger partial charge in [0.1, 0.15) is 33.8 Å². The molecule has 0 saturated carbocycles. The Morgan fingerprint density at radius 1 is 1.00 bits per heavy atom. The Balaban J connectivity index is 0.000000238.